The highest BCUT2D eigenvalue weighted by Crippen LogP contribution is 2.26. The second kappa shape index (κ2) is 7.62. The molecule has 0 saturated heterocycles. The molecule has 0 radical (unpaired) electrons. The van der Waals surface area contributed by atoms with E-state index in [0.29, 0.717) is 24.6 Å². The third-order valence-electron chi connectivity index (χ3n) is 2.93. The molecule has 0 rings (SSSR count). The van der Waals surface area contributed by atoms with Crippen LogP contribution >= 0.6 is 11.8 Å². The number of nitrogens with one attached hydrogen (secondary N) is 1. The number of halogens is 3. The molecule has 0 atom stereocenters. The largest absolute Gasteiger partial charge is 0.481 e. The zero-order valence-corrected chi connectivity index (χ0v) is 11.7. The summed E-state index contributed by atoms with van der Waals surface area (Å²) < 4.78 is 35.6. The molecule has 112 valence electrons. The van der Waals surface area contributed by atoms with E-state index >= 15 is 0 Å². The first kappa shape index (κ1) is 18.1. The molecule has 0 unspecified atom stereocenters. The van der Waals surface area contributed by atoms with E-state index < -0.39 is 29.2 Å². The monoisotopic (exact) mass is 301 g/mol. The van der Waals surface area contributed by atoms with Gasteiger partial charge in [-0.05, 0) is 12.8 Å². The van der Waals surface area contributed by atoms with Gasteiger partial charge in [-0.2, -0.15) is 13.2 Å². The standard InChI is InChI=1S/C11H18F3NO3S/c1-3-10(4-2,9(17)18)6-15-8(16)5-19-7-11(12,13)14/h3-7H2,1-2H3,(H,15,16)(H,17,18). The molecule has 0 aromatic heterocycles. The smallest absolute Gasteiger partial charge is 0.397 e. The van der Waals surface area contributed by atoms with Crippen LogP contribution in [0.5, 0.6) is 0 Å². The first-order valence-corrected chi connectivity index (χ1v) is 6.97. The van der Waals surface area contributed by atoms with E-state index in [1.165, 1.54) is 0 Å². The van der Waals surface area contributed by atoms with Gasteiger partial charge < -0.3 is 10.4 Å². The molecule has 0 bridgehead atoms. The summed E-state index contributed by atoms with van der Waals surface area (Å²) in [7, 11) is 0. The molecular formula is C11H18F3NO3S. The Morgan fingerprint density at radius 2 is 1.74 bits per heavy atom. The maximum atomic E-state index is 11.9. The zero-order chi connectivity index (χ0) is 15.1. The lowest BCUT2D eigenvalue weighted by atomic mass is 9.82. The maximum absolute atomic E-state index is 11.9. The van der Waals surface area contributed by atoms with Gasteiger partial charge in [0.2, 0.25) is 5.91 Å². The lowest BCUT2D eigenvalue weighted by Gasteiger charge is -2.26. The van der Waals surface area contributed by atoms with Crippen LogP contribution in [0, 0.1) is 5.41 Å². The van der Waals surface area contributed by atoms with Crippen LogP contribution in [0.15, 0.2) is 0 Å². The van der Waals surface area contributed by atoms with Gasteiger partial charge in [0.05, 0.1) is 16.9 Å². The van der Waals surface area contributed by atoms with E-state index in [4.69, 9.17) is 5.11 Å². The molecule has 8 heteroatoms. The maximum Gasteiger partial charge on any atom is 0.397 e. The van der Waals surface area contributed by atoms with Crippen LogP contribution in [0.3, 0.4) is 0 Å². The number of carbonyl (C=O) groups is 2. The van der Waals surface area contributed by atoms with E-state index in [2.05, 4.69) is 5.32 Å². The summed E-state index contributed by atoms with van der Waals surface area (Å²) in [5, 5.41) is 11.5. The quantitative estimate of drug-likeness (QED) is 0.722. The van der Waals surface area contributed by atoms with Crippen molar-refractivity contribution in [2.75, 3.05) is 18.1 Å². The summed E-state index contributed by atoms with van der Waals surface area (Å²) in [6, 6.07) is 0. The molecule has 0 saturated carbocycles. The van der Waals surface area contributed by atoms with Crippen LogP contribution < -0.4 is 5.32 Å². The Balaban J connectivity index is 4.17. The highest BCUT2D eigenvalue weighted by molar-refractivity contribution is 8.00. The summed E-state index contributed by atoms with van der Waals surface area (Å²) >= 11 is 0.458. The number of carboxylic acid groups (broad SMARTS) is 1. The van der Waals surface area contributed by atoms with Gasteiger partial charge in [-0.25, -0.2) is 0 Å². The fourth-order valence-electron chi connectivity index (χ4n) is 1.46. The summed E-state index contributed by atoms with van der Waals surface area (Å²) in [6.07, 6.45) is -3.62. The van der Waals surface area contributed by atoms with Gasteiger partial charge in [0.25, 0.3) is 0 Å². The van der Waals surface area contributed by atoms with Crippen LogP contribution in [0.2, 0.25) is 0 Å². The first-order chi connectivity index (χ1) is 8.67. The number of aliphatic carboxylic acids is 1. The minimum Gasteiger partial charge on any atom is -0.481 e. The zero-order valence-electron chi connectivity index (χ0n) is 10.8. The van der Waals surface area contributed by atoms with Crippen molar-refractivity contribution in [1.29, 1.82) is 0 Å². The van der Waals surface area contributed by atoms with Gasteiger partial charge in [0.1, 0.15) is 0 Å². The number of amides is 1. The molecule has 0 aliphatic rings. The van der Waals surface area contributed by atoms with Crippen molar-refractivity contribution in [3.63, 3.8) is 0 Å². The number of hydrogen-bond donors (Lipinski definition) is 2. The molecule has 0 fully saturated rings. The number of alkyl halides is 3. The number of carbonyl (C=O) groups excluding carboxylic acids is 1. The lowest BCUT2D eigenvalue weighted by molar-refractivity contribution is -0.149. The molecule has 0 heterocycles. The Kier molecular flexibility index (Phi) is 7.25. The van der Waals surface area contributed by atoms with Gasteiger partial charge in [0.15, 0.2) is 0 Å². The van der Waals surface area contributed by atoms with Gasteiger partial charge in [0, 0.05) is 6.54 Å². The molecule has 1 amide bonds. The highest BCUT2D eigenvalue weighted by Gasteiger charge is 2.35. The normalized spacial score (nSPS) is 12.3. The van der Waals surface area contributed by atoms with Crippen molar-refractivity contribution >= 4 is 23.6 Å². The average molecular weight is 301 g/mol. The van der Waals surface area contributed by atoms with Gasteiger partial charge in [-0.15, -0.1) is 11.8 Å². The fourth-order valence-corrected chi connectivity index (χ4v) is 2.08. The summed E-state index contributed by atoms with van der Waals surface area (Å²) in [4.78, 5) is 22.5. The average Bonchev–Trinajstić information content (AvgIpc) is 2.29. The Labute approximate surface area is 114 Å². The fraction of sp³-hybridized carbons (Fsp3) is 0.818. The molecule has 0 aliphatic carbocycles. The van der Waals surface area contributed by atoms with Crippen LogP contribution in [0.1, 0.15) is 26.7 Å². The van der Waals surface area contributed by atoms with Crippen LogP contribution in [0.25, 0.3) is 0 Å². The Bertz CT molecular complexity index is 317. The van der Waals surface area contributed by atoms with E-state index in [1.54, 1.807) is 13.8 Å². The van der Waals surface area contributed by atoms with Crippen LogP contribution in [0.4, 0.5) is 13.2 Å². The van der Waals surface area contributed by atoms with Gasteiger partial charge in [-0.3, -0.25) is 9.59 Å². The SMILES string of the molecule is CCC(CC)(CNC(=O)CSCC(F)(F)F)C(=O)O. The van der Waals surface area contributed by atoms with Crippen molar-refractivity contribution in [1.82, 2.24) is 5.32 Å². The molecule has 4 nitrogen and oxygen atoms in total. The third kappa shape index (κ3) is 6.70. The Morgan fingerprint density at radius 3 is 2.11 bits per heavy atom. The minimum atomic E-state index is -4.30. The molecule has 0 aromatic rings. The number of thioether (sulfide) groups is 1. The van der Waals surface area contributed by atoms with Crippen molar-refractivity contribution < 1.29 is 27.9 Å². The number of rotatable bonds is 8. The van der Waals surface area contributed by atoms with Crippen molar-refractivity contribution in [3.05, 3.63) is 0 Å². The molecule has 2 N–H and O–H groups in total. The molecule has 0 aliphatic heterocycles. The van der Waals surface area contributed by atoms with Crippen molar-refractivity contribution in [2.24, 2.45) is 5.41 Å². The molecule has 0 aromatic carbocycles. The Morgan fingerprint density at radius 1 is 1.21 bits per heavy atom. The molecular weight excluding hydrogens is 283 g/mol. The number of carboxylic acids is 1. The van der Waals surface area contributed by atoms with Gasteiger partial charge in [-0.1, -0.05) is 13.8 Å². The van der Waals surface area contributed by atoms with Crippen LogP contribution in [-0.2, 0) is 9.59 Å². The predicted octanol–water partition coefficient (Wildman–Crippen LogP) is 2.29. The number of hydrogen-bond acceptors (Lipinski definition) is 3. The molecule has 0 spiro atoms. The predicted molar refractivity (Wildman–Crippen MR) is 67.0 cm³/mol. The second-order valence-corrected chi connectivity index (χ2v) is 5.16. The topological polar surface area (TPSA) is 66.4 Å². The molecule has 19 heavy (non-hydrogen) atoms. The van der Waals surface area contributed by atoms with E-state index in [9.17, 15) is 22.8 Å². The summed E-state index contributed by atoms with van der Waals surface area (Å²) in [5.74, 6) is -3.02. The van der Waals surface area contributed by atoms with E-state index in [-0.39, 0.29) is 12.3 Å². The van der Waals surface area contributed by atoms with Crippen molar-refractivity contribution in [3.8, 4) is 0 Å². The lowest BCUT2D eigenvalue weighted by Crippen LogP contribution is -2.43. The van der Waals surface area contributed by atoms with Gasteiger partial charge >= 0.3 is 12.1 Å². The minimum absolute atomic E-state index is 0.0687. The first-order valence-electron chi connectivity index (χ1n) is 5.81. The van der Waals surface area contributed by atoms with Crippen LogP contribution in [-0.4, -0.2) is 41.2 Å². The Hall–Kier alpha value is -0.920. The highest BCUT2D eigenvalue weighted by atomic mass is 32.2. The van der Waals surface area contributed by atoms with E-state index in [0.717, 1.165) is 0 Å². The third-order valence-corrected chi connectivity index (χ3v) is 3.93. The summed E-state index contributed by atoms with van der Waals surface area (Å²) in [5.41, 5.74) is -1.05. The summed E-state index contributed by atoms with van der Waals surface area (Å²) in [6.45, 7) is 3.32. The second-order valence-electron chi connectivity index (χ2n) is 4.18. The van der Waals surface area contributed by atoms with Crippen molar-refractivity contribution in [2.45, 2.75) is 32.9 Å². The van der Waals surface area contributed by atoms with E-state index in [1.807, 2.05) is 0 Å².